The van der Waals surface area contributed by atoms with Crippen LogP contribution in [0.5, 0.6) is 0 Å². The molecule has 1 aromatic rings. The summed E-state index contributed by atoms with van der Waals surface area (Å²) in [5, 5.41) is 0. The molecule has 0 amide bonds. The molecule has 0 saturated heterocycles. The predicted octanol–water partition coefficient (Wildman–Crippen LogP) is 4.92. The Kier molecular flexibility index (Phi) is 4.87. The lowest BCUT2D eigenvalue weighted by Crippen LogP contribution is -2.08. The van der Waals surface area contributed by atoms with E-state index in [1.165, 1.54) is 30.4 Å². The first kappa shape index (κ1) is 12.3. The minimum Gasteiger partial charge on any atom is -0.0654 e. The molecule has 1 rings (SSSR count). The normalized spacial score (nSPS) is 14.9. The van der Waals surface area contributed by atoms with Gasteiger partial charge < -0.3 is 0 Å². The summed E-state index contributed by atoms with van der Waals surface area (Å²) in [7, 11) is 0. The quantitative estimate of drug-likeness (QED) is 0.638. The van der Waals surface area contributed by atoms with Gasteiger partial charge in [0.05, 0.1) is 0 Å². The third kappa shape index (κ3) is 3.37. The number of hydrogen-bond donors (Lipinski definition) is 0. The van der Waals surface area contributed by atoms with Crippen molar-refractivity contribution in [2.45, 2.75) is 52.9 Å². The van der Waals surface area contributed by atoms with E-state index < -0.39 is 0 Å². The zero-order chi connectivity index (χ0) is 11.3. The van der Waals surface area contributed by atoms with Gasteiger partial charge in [0, 0.05) is 0 Å². The fourth-order valence-electron chi connectivity index (χ4n) is 2.19. The van der Waals surface area contributed by atoms with Crippen LogP contribution in [0.2, 0.25) is 0 Å². The van der Waals surface area contributed by atoms with E-state index in [0.29, 0.717) is 0 Å². The van der Waals surface area contributed by atoms with Gasteiger partial charge in [-0.1, -0.05) is 63.4 Å². The molecule has 0 nitrogen and oxygen atoms in total. The smallest absolute Gasteiger partial charge is 0.0136 e. The maximum Gasteiger partial charge on any atom is -0.0136 e. The standard InChI is InChI=1S/C15H24/c1-5-7-15(13(4)6-2)14-10-8-12(3)9-11-14/h8-11,13,15H,5-7H2,1-4H3. The molecule has 0 saturated carbocycles. The highest BCUT2D eigenvalue weighted by molar-refractivity contribution is 5.24. The summed E-state index contributed by atoms with van der Waals surface area (Å²) in [5.41, 5.74) is 2.88. The van der Waals surface area contributed by atoms with E-state index in [1.807, 2.05) is 0 Å². The van der Waals surface area contributed by atoms with E-state index in [4.69, 9.17) is 0 Å². The lowest BCUT2D eigenvalue weighted by atomic mass is 9.82. The molecule has 0 fully saturated rings. The van der Waals surface area contributed by atoms with Crippen LogP contribution in [0.15, 0.2) is 24.3 Å². The lowest BCUT2D eigenvalue weighted by molar-refractivity contribution is 0.419. The Morgan fingerprint density at radius 1 is 1.07 bits per heavy atom. The van der Waals surface area contributed by atoms with Crippen molar-refractivity contribution in [2.24, 2.45) is 5.92 Å². The Labute approximate surface area is 94.7 Å². The van der Waals surface area contributed by atoms with Crippen molar-refractivity contribution < 1.29 is 0 Å². The molecular weight excluding hydrogens is 180 g/mol. The van der Waals surface area contributed by atoms with Crippen LogP contribution in [-0.2, 0) is 0 Å². The van der Waals surface area contributed by atoms with Crippen LogP contribution >= 0.6 is 0 Å². The van der Waals surface area contributed by atoms with Crippen molar-refractivity contribution >= 4 is 0 Å². The summed E-state index contributed by atoms with van der Waals surface area (Å²) < 4.78 is 0. The summed E-state index contributed by atoms with van der Waals surface area (Å²) in [6.07, 6.45) is 3.87. The van der Waals surface area contributed by atoms with Crippen molar-refractivity contribution in [2.75, 3.05) is 0 Å². The Morgan fingerprint density at radius 3 is 2.13 bits per heavy atom. The average molecular weight is 204 g/mol. The van der Waals surface area contributed by atoms with Crippen molar-refractivity contribution in [3.8, 4) is 0 Å². The molecule has 0 aliphatic rings. The molecule has 0 aliphatic heterocycles. The first-order chi connectivity index (χ1) is 7.19. The van der Waals surface area contributed by atoms with Crippen molar-refractivity contribution in [3.05, 3.63) is 35.4 Å². The second kappa shape index (κ2) is 5.95. The number of hydrogen-bond acceptors (Lipinski definition) is 0. The molecule has 2 unspecified atom stereocenters. The van der Waals surface area contributed by atoms with E-state index in [2.05, 4.69) is 52.0 Å². The molecule has 0 spiro atoms. The van der Waals surface area contributed by atoms with Gasteiger partial charge in [0.1, 0.15) is 0 Å². The van der Waals surface area contributed by atoms with Crippen LogP contribution in [0, 0.1) is 12.8 Å². The molecule has 0 bridgehead atoms. The van der Waals surface area contributed by atoms with Crippen molar-refractivity contribution in [3.63, 3.8) is 0 Å². The summed E-state index contributed by atoms with van der Waals surface area (Å²) in [4.78, 5) is 0. The van der Waals surface area contributed by atoms with Gasteiger partial charge in [-0.25, -0.2) is 0 Å². The second-order valence-electron chi connectivity index (χ2n) is 4.69. The van der Waals surface area contributed by atoms with Gasteiger partial charge in [-0.3, -0.25) is 0 Å². The topological polar surface area (TPSA) is 0 Å². The summed E-state index contributed by atoms with van der Waals surface area (Å²) in [6.45, 7) is 9.10. The Bertz CT molecular complexity index is 271. The van der Waals surface area contributed by atoms with Crippen LogP contribution in [-0.4, -0.2) is 0 Å². The Morgan fingerprint density at radius 2 is 1.67 bits per heavy atom. The first-order valence-electron chi connectivity index (χ1n) is 6.25. The molecule has 2 atom stereocenters. The molecule has 0 radical (unpaired) electrons. The minimum absolute atomic E-state index is 0.751. The largest absolute Gasteiger partial charge is 0.0654 e. The fourth-order valence-corrected chi connectivity index (χ4v) is 2.19. The molecule has 0 N–H and O–H groups in total. The van der Waals surface area contributed by atoms with Gasteiger partial charge >= 0.3 is 0 Å². The zero-order valence-electron chi connectivity index (χ0n) is 10.6. The van der Waals surface area contributed by atoms with Crippen LogP contribution in [0.1, 0.15) is 57.1 Å². The Balaban J connectivity index is 2.83. The molecular formula is C15H24. The predicted molar refractivity (Wildman–Crippen MR) is 68.3 cm³/mol. The summed E-state index contributed by atoms with van der Waals surface area (Å²) in [6, 6.07) is 9.09. The monoisotopic (exact) mass is 204 g/mol. The van der Waals surface area contributed by atoms with Gasteiger partial charge in [0.2, 0.25) is 0 Å². The second-order valence-corrected chi connectivity index (χ2v) is 4.69. The highest BCUT2D eigenvalue weighted by Crippen LogP contribution is 2.31. The van der Waals surface area contributed by atoms with Gasteiger partial charge in [0.25, 0.3) is 0 Å². The molecule has 0 heteroatoms. The van der Waals surface area contributed by atoms with E-state index in [0.717, 1.165) is 11.8 Å². The fraction of sp³-hybridized carbons (Fsp3) is 0.600. The third-order valence-corrected chi connectivity index (χ3v) is 3.44. The SMILES string of the molecule is CCCC(c1ccc(C)cc1)C(C)CC. The van der Waals surface area contributed by atoms with Crippen LogP contribution < -0.4 is 0 Å². The zero-order valence-corrected chi connectivity index (χ0v) is 10.6. The average Bonchev–Trinajstić information content (AvgIpc) is 2.26. The van der Waals surface area contributed by atoms with E-state index in [-0.39, 0.29) is 0 Å². The summed E-state index contributed by atoms with van der Waals surface area (Å²) >= 11 is 0. The molecule has 0 aromatic heterocycles. The van der Waals surface area contributed by atoms with Crippen molar-refractivity contribution in [1.82, 2.24) is 0 Å². The van der Waals surface area contributed by atoms with Crippen LogP contribution in [0.25, 0.3) is 0 Å². The van der Waals surface area contributed by atoms with Gasteiger partial charge in [0.15, 0.2) is 0 Å². The van der Waals surface area contributed by atoms with E-state index >= 15 is 0 Å². The molecule has 15 heavy (non-hydrogen) atoms. The van der Waals surface area contributed by atoms with Gasteiger partial charge in [-0.2, -0.15) is 0 Å². The maximum absolute atomic E-state index is 2.38. The first-order valence-corrected chi connectivity index (χ1v) is 6.25. The van der Waals surface area contributed by atoms with E-state index in [1.54, 1.807) is 0 Å². The van der Waals surface area contributed by atoms with Crippen molar-refractivity contribution in [1.29, 1.82) is 0 Å². The van der Waals surface area contributed by atoms with Crippen LogP contribution in [0.4, 0.5) is 0 Å². The molecule has 1 aromatic carbocycles. The highest BCUT2D eigenvalue weighted by atomic mass is 14.2. The molecule has 0 aliphatic carbocycles. The maximum atomic E-state index is 2.38. The van der Waals surface area contributed by atoms with E-state index in [9.17, 15) is 0 Å². The number of benzene rings is 1. The molecule has 0 heterocycles. The highest BCUT2D eigenvalue weighted by Gasteiger charge is 2.16. The van der Waals surface area contributed by atoms with Gasteiger partial charge in [-0.05, 0) is 30.7 Å². The number of aryl methyl sites for hydroxylation is 1. The summed E-state index contributed by atoms with van der Waals surface area (Å²) in [5.74, 6) is 1.55. The van der Waals surface area contributed by atoms with Crippen LogP contribution in [0.3, 0.4) is 0 Å². The number of rotatable bonds is 5. The third-order valence-electron chi connectivity index (χ3n) is 3.44. The van der Waals surface area contributed by atoms with Gasteiger partial charge in [-0.15, -0.1) is 0 Å². The lowest BCUT2D eigenvalue weighted by Gasteiger charge is -2.23. The minimum atomic E-state index is 0.751. The Hall–Kier alpha value is -0.780. The molecule has 84 valence electrons.